The molecule has 1 aromatic heterocycles. The Balaban J connectivity index is 1.67. The highest BCUT2D eigenvalue weighted by Crippen LogP contribution is 2.34. The topological polar surface area (TPSA) is 38.2 Å². The van der Waals surface area contributed by atoms with Crippen molar-refractivity contribution >= 4 is 16.9 Å². The number of hydrogen-bond acceptors (Lipinski definition) is 4. The number of anilines is 1. The Hall–Kier alpha value is -2.46. The molecule has 1 aliphatic heterocycles. The molecule has 0 radical (unpaired) electrons. The summed E-state index contributed by atoms with van der Waals surface area (Å²) in [6.07, 6.45) is 3.89. The molecular weight excluding hydrogens is 310 g/mol. The Kier molecular flexibility index (Phi) is 3.63. The molecular formula is C21H21N3O. The smallest absolute Gasteiger partial charge is 0.226 e. The van der Waals surface area contributed by atoms with Gasteiger partial charge in [0.25, 0.3) is 0 Å². The monoisotopic (exact) mass is 331 g/mol. The second-order valence-electron chi connectivity index (χ2n) is 6.86. The number of fused-ring (bicyclic) bond motifs is 2. The average Bonchev–Trinajstić information content (AvgIpc) is 3.16. The molecule has 5 rings (SSSR count). The Morgan fingerprint density at radius 2 is 1.76 bits per heavy atom. The van der Waals surface area contributed by atoms with Crippen LogP contribution in [-0.2, 0) is 4.74 Å². The van der Waals surface area contributed by atoms with Crippen LogP contribution in [0.3, 0.4) is 0 Å². The van der Waals surface area contributed by atoms with Crippen LogP contribution in [0.4, 0.5) is 5.95 Å². The quantitative estimate of drug-likeness (QED) is 0.710. The minimum atomic E-state index is 0.337. The summed E-state index contributed by atoms with van der Waals surface area (Å²) in [6.45, 7) is 1.63. The van der Waals surface area contributed by atoms with E-state index in [4.69, 9.17) is 14.7 Å². The first-order chi connectivity index (χ1) is 12.4. The van der Waals surface area contributed by atoms with Crippen molar-refractivity contribution < 1.29 is 4.74 Å². The fourth-order valence-corrected chi connectivity index (χ4v) is 4.18. The van der Waals surface area contributed by atoms with Crippen LogP contribution in [0.15, 0.2) is 54.6 Å². The Labute approximate surface area is 147 Å². The molecule has 2 atom stereocenters. The van der Waals surface area contributed by atoms with Crippen LogP contribution < -0.4 is 4.90 Å². The minimum absolute atomic E-state index is 0.337. The van der Waals surface area contributed by atoms with Crippen molar-refractivity contribution in [1.82, 2.24) is 9.97 Å². The SMILES string of the molecule is c1ccc(-c2nc(N3CCOC4CCCC43)nc3ccccc23)cc1. The number of aromatic nitrogens is 2. The zero-order valence-corrected chi connectivity index (χ0v) is 14.1. The maximum atomic E-state index is 5.96. The highest BCUT2D eigenvalue weighted by molar-refractivity contribution is 5.93. The molecule has 0 amide bonds. The molecule has 4 heteroatoms. The largest absolute Gasteiger partial charge is 0.374 e. The van der Waals surface area contributed by atoms with Gasteiger partial charge in [0.05, 0.1) is 30.0 Å². The van der Waals surface area contributed by atoms with Crippen LogP contribution in [-0.4, -0.2) is 35.3 Å². The van der Waals surface area contributed by atoms with Gasteiger partial charge in [-0.2, -0.15) is 0 Å². The van der Waals surface area contributed by atoms with Crippen molar-refractivity contribution in [2.45, 2.75) is 31.4 Å². The molecule has 126 valence electrons. The summed E-state index contributed by atoms with van der Waals surface area (Å²) in [6, 6.07) is 19.1. The molecule has 0 bridgehead atoms. The Morgan fingerprint density at radius 3 is 2.68 bits per heavy atom. The third-order valence-electron chi connectivity index (χ3n) is 5.38. The minimum Gasteiger partial charge on any atom is -0.374 e. The lowest BCUT2D eigenvalue weighted by atomic mass is 10.1. The lowest BCUT2D eigenvalue weighted by Crippen LogP contribution is -2.49. The first-order valence-electron chi connectivity index (χ1n) is 9.10. The number of ether oxygens (including phenoxy) is 1. The number of benzene rings is 2. The van der Waals surface area contributed by atoms with Gasteiger partial charge in [-0.1, -0.05) is 48.5 Å². The number of para-hydroxylation sites is 1. The van der Waals surface area contributed by atoms with E-state index >= 15 is 0 Å². The van der Waals surface area contributed by atoms with Crippen molar-refractivity contribution in [3.63, 3.8) is 0 Å². The maximum absolute atomic E-state index is 5.96. The molecule has 3 aromatic rings. The van der Waals surface area contributed by atoms with Crippen molar-refractivity contribution in [2.24, 2.45) is 0 Å². The van der Waals surface area contributed by atoms with Crippen LogP contribution in [0.25, 0.3) is 22.2 Å². The van der Waals surface area contributed by atoms with Gasteiger partial charge in [0.1, 0.15) is 0 Å². The summed E-state index contributed by atoms with van der Waals surface area (Å²) in [7, 11) is 0. The Morgan fingerprint density at radius 1 is 0.920 bits per heavy atom. The second kappa shape index (κ2) is 6.12. The van der Waals surface area contributed by atoms with E-state index in [2.05, 4.69) is 47.4 Å². The fourth-order valence-electron chi connectivity index (χ4n) is 4.18. The third kappa shape index (κ3) is 2.57. The first-order valence-corrected chi connectivity index (χ1v) is 9.10. The molecule has 2 heterocycles. The summed E-state index contributed by atoms with van der Waals surface area (Å²) < 4.78 is 5.96. The molecule has 0 spiro atoms. The molecule has 4 nitrogen and oxygen atoms in total. The predicted molar refractivity (Wildman–Crippen MR) is 99.7 cm³/mol. The second-order valence-corrected chi connectivity index (χ2v) is 6.86. The number of hydrogen-bond donors (Lipinski definition) is 0. The highest BCUT2D eigenvalue weighted by atomic mass is 16.5. The van der Waals surface area contributed by atoms with E-state index in [9.17, 15) is 0 Å². The summed E-state index contributed by atoms with van der Waals surface area (Å²) in [5.41, 5.74) is 3.16. The standard InChI is InChI=1S/C21H21N3O/c1-2-7-15(8-3-1)20-16-9-4-5-10-17(16)22-21(23-20)24-13-14-25-19-12-6-11-18(19)24/h1-5,7-10,18-19H,6,11-14H2. The van der Waals surface area contributed by atoms with Crippen molar-refractivity contribution in [3.05, 3.63) is 54.6 Å². The summed E-state index contributed by atoms with van der Waals surface area (Å²) in [5, 5.41) is 1.11. The van der Waals surface area contributed by atoms with Gasteiger partial charge in [-0.05, 0) is 25.3 Å². The Bertz CT molecular complexity index is 896. The van der Waals surface area contributed by atoms with E-state index in [1.807, 2.05) is 12.1 Å². The summed E-state index contributed by atoms with van der Waals surface area (Å²) in [4.78, 5) is 12.3. The summed E-state index contributed by atoms with van der Waals surface area (Å²) in [5.74, 6) is 0.845. The van der Waals surface area contributed by atoms with E-state index in [1.54, 1.807) is 0 Å². The number of rotatable bonds is 2. The molecule has 2 aliphatic rings. The van der Waals surface area contributed by atoms with Crippen molar-refractivity contribution in [1.29, 1.82) is 0 Å². The fraction of sp³-hybridized carbons (Fsp3) is 0.333. The van der Waals surface area contributed by atoms with Gasteiger partial charge in [-0.3, -0.25) is 0 Å². The number of morpholine rings is 1. The molecule has 1 saturated carbocycles. The molecule has 1 saturated heterocycles. The van der Waals surface area contributed by atoms with Crippen LogP contribution in [0.1, 0.15) is 19.3 Å². The first kappa shape index (κ1) is 14.8. The van der Waals surface area contributed by atoms with Crippen LogP contribution in [0.5, 0.6) is 0 Å². The van der Waals surface area contributed by atoms with Gasteiger partial charge >= 0.3 is 0 Å². The van der Waals surface area contributed by atoms with E-state index in [1.165, 1.54) is 12.8 Å². The zero-order valence-electron chi connectivity index (χ0n) is 14.1. The van der Waals surface area contributed by atoms with E-state index < -0.39 is 0 Å². The normalized spacial score (nSPS) is 23.0. The molecule has 1 aliphatic carbocycles. The summed E-state index contributed by atoms with van der Waals surface area (Å²) >= 11 is 0. The molecule has 0 N–H and O–H groups in total. The van der Waals surface area contributed by atoms with Crippen LogP contribution in [0, 0.1) is 0 Å². The van der Waals surface area contributed by atoms with Crippen molar-refractivity contribution in [2.75, 3.05) is 18.1 Å². The molecule has 2 aromatic carbocycles. The maximum Gasteiger partial charge on any atom is 0.226 e. The molecule has 2 unspecified atom stereocenters. The lowest BCUT2D eigenvalue weighted by molar-refractivity contribution is 0.0250. The number of nitrogens with zero attached hydrogens (tertiary/aromatic N) is 3. The van der Waals surface area contributed by atoms with Crippen molar-refractivity contribution in [3.8, 4) is 11.3 Å². The van der Waals surface area contributed by atoms with Crippen LogP contribution >= 0.6 is 0 Å². The van der Waals surface area contributed by atoms with E-state index in [0.717, 1.165) is 47.7 Å². The predicted octanol–water partition coefficient (Wildman–Crippen LogP) is 4.05. The third-order valence-corrected chi connectivity index (χ3v) is 5.38. The van der Waals surface area contributed by atoms with Gasteiger partial charge in [0.2, 0.25) is 5.95 Å². The lowest BCUT2D eigenvalue weighted by Gasteiger charge is -2.37. The highest BCUT2D eigenvalue weighted by Gasteiger charge is 2.37. The van der Waals surface area contributed by atoms with Gasteiger partial charge in [-0.15, -0.1) is 0 Å². The van der Waals surface area contributed by atoms with Gasteiger partial charge in [-0.25, -0.2) is 9.97 Å². The van der Waals surface area contributed by atoms with Gasteiger partial charge in [0.15, 0.2) is 0 Å². The van der Waals surface area contributed by atoms with Gasteiger partial charge < -0.3 is 9.64 Å². The van der Waals surface area contributed by atoms with Crippen LogP contribution in [0.2, 0.25) is 0 Å². The van der Waals surface area contributed by atoms with E-state index in [-0.39, 0.29) is 0 Å². The zero-order chi connectivity index (χ0) is 16.6. The van der Waals surface area contributed by atoms with Gasteiger partial charge in [0, 0.05) is 17.5 Å². The average molecular weight is 331 g/mol. The molecule has 25 heavy (non-hydrogen) atoms. The molecule has 2 fully saturated rings. The van der Waals surface area contributed by atoms with E-state index in [0.29, 0.717) is 12.1 Å².